The molecule has 0 spiro atoms. The van der Waals surface area contributed by atoms with E-state index in [0.717, 1.165) is 31.6 Å². The third kappa shape index (κ3) is 7.73. The highest BCUT2D eigenvalue weighted by molar-refractivity contribution is 5.28. The van der Waals surface area contributed by atoms with Gasteiger partial charge in [-0.15, -0.1) is 0 Å². The van der Waals surface area contributed by atoms with Crippen molar-refractivity contribution in [2.24, 2.45) is 5.92 Å². The van der Waals surface area contributed by atoms with Gasteiger partial charge in [-0.1, -0.05) is 26.0 Å². The highest BCUT2D eigenvalue weighted by Gasteiger charge is 2.14. The number of nitrogens with one attached hydrogen (secondary N) is 1. The molecule has 134 valence electrons. The summed E-state index contributed by atoms with van der Waals surface area (Å²) < 4.78 is 29.4. The van der Waals surface area contributed by atoms with Gasteiger partial charge in [0.25, 0.3) is 0 Å². The molecular weight excluding hydrogens is 324 g/mol. The predicted octanol–water partition coefficient (Wildman–Crippen LogP) is 3.93. The number of benzene rings is 1. The van der Waals surface area contributed by atoms with Crippen molar-refractivity contribution in [3.63, 3.8) is 0 Å². The van der Waals surface area contributed by atoms with Crippen LogP contribution in [0.5, 0.6) is 5.88 Å². The molecule has 1 aliphatic heterocycles. The second kappa shape index (κ2) is 11.9. The summed E-state index contributed by atoms with van der Waals surface area (Å²) in [5, 5.41) is 11.9. The standard InChI is InChI=1S/C11H13N3O.C6H4F2.C2H6/c12-5-9-1-2-11(14-7-9)15-8-10-3-4-13-6-10;7-5-3-1-2-4-6(5)8;1-2/h1-2,7,10,13H,3-4,6,8H2;1-4H;1-2H3. The number of hydrogen-bond donors (Lipinski definition) is 1. The van der Waals surface area contributed by atoms with Gasteiger partial charge in [0.2, 0.25) is 5.88 Å². The lowest BCUT2D eigenvalue weighted by Crippen LogP contribution is -2.15. The van der Waals surface area contributed by atoms with E-state index in [1.807, 2.05) is 19.9 Å². The molecule has 4 nitrogen and oxygen atoms in total. The Morgan fingerprint density at radius 1 is 1.20 bits per heavy atom. The Morgan fingerprint density at radius 2 is 1.88 bits per heavy atom. The molecule has 0 amide bonds. The molecular formula is C19H23F2N3O. The van der Waals surface area contributed by atoms with E-state index < -0.39 is 11.6 Å². The van der Waals surface area contributed by atoms with Crippen molar-refractivity contribution >= 4 is 0 Å². The first-order valence-corrected chi connectivity index (χ1v) is 8.28. The van der Waals surface area contributed by atoms with E-state index in [4.69, 9.17) is 10.00 Å². The Balaban J connectivity index is 0.000000264. The molecule has 25 heavy (non-hydrogen) atoms. The van der Waals surface area contributed by atoms with Crippen LogP contribution in [0.15, 0.2) is 42.6 Å². The Hall–Kier alpha value is -2.52. The van der Waals surface area contributed by atoms with E-state index in [2.05, 4.69) is 10.3 Å². The first-order chi connectivity index (χ1) is 12.2. The van der Waals surface area contributed by atoms with Crippen LogP contribution in [0.25, 0.3) is 0 Å². The van der Waals surface area contributed by atoms with Crippen LogP contribution >= 0.6 is 0 Å². The smallest absolute Gasteiger partial charge is 0.213 e. The number of aromatic nitrogens is 1. The van der Waals surface area contributed by atoms with Gasteiger partial charge in [-0.2, -0.15) is 5.26 Å². The van der Waals surface area contributed by atoms with E-state index in [1.165, 1.54) is 18.3 Å². The highest BCUT2D eigenvalue weighted by atomic mass is 19.2. The van der Waals surface area contributed by atoms with Crippen molar-refractivity contribution in [2.45, 2.75) is 20.3 Å². The van der Waals surface area contributed by atoms with Crippen LogP contribution in [0, 0.1) is 28.9 Å². The van der Waals surface area contributed by atoms with E-state index in [0.29, 0.717) is 24.0 Å². The lowest BCUT2D eigenvalue weighted by atomic mass is 10.1. The predicted molar refractivity (Wildman–Crippen MR) is 93.1 cm³/mol. The summed E-state index contributed by atoms with van der Waals surface area (Å²) in [7, 11) is 0. The molecule has 3 rings (SSSR count). The first kappa shape index (κ1) is 20.5. The van der Waals surface area contributed by atoms with Crippen LogP contribution in [-0.2, 0) is 0 Å². The van der Waals surface area contributed by atoms with Crippen molar-refractivity contribution < 1.29 is 13.5 Å². The molecule has 1 aliphatic rings. The molecule has 1 saturated heterocycles. The van der Waals surface area contributed by atoms with Crippen LogP contribution in [0.4, 0.5) is 8.78 Å². The van der Waals surface area contributed by atoms with Crippen molar-refractivity contribution in [2.75, 3.05) is 19.7 Å². The largest absolute Gasteiger partial charge is 0.477 e. The zero-order valence-corrected chi connectivity index (χ0v) is 14.5. The fraction of sp³-hybridized carbons (Fsp3) is 0.368. The van der Waals surface area contributed by atoms with Gasteiger partial charge in [-0.3, -0.25) is 0 Å². The topological polar surface area (TPSA) is 57.9 Å². The summed E-state index contributed by atoms with van der Waals surface area (Å²) in [5.74, 6) is -0.414. The monoisotopic (exact) mass is 347 g/mol. The normalized spacial score (nSPS) is 15.1. The van der Waals surface area contributed by atoms with Crippen LogP contribution in [0.3, 0.4) is 0 Å². The number of ether oxygens (including phenoxy) is 1. The molecule has 1 atom stereocenters. The molecule has 0 radical (unpaired) electrons. The second-order valence-corrected chi connectivity index (χ2v) is 5.08. The third-order valence-corrected chi connectivity index (χ3v) is 3.32. The van der Waals surface area contributed by atoms with Gasteiger partial charge in [0, 0.05) is 24.7 Å². The summed E-state index contributed by atoms with van der Waals surface area (Å²) in [6, 6.07) is 10.5. The number of pyridine rings is 1. The maximum atomic E-state index is 11.9. The second-order valence-electron chi connectivity index (χ2n) is 5.08. The molecule has 1 aromatic heterocycles. The van der Waals surface area contributed by atoms with Gasteiger partial charge in [0.1, 0.15) is 6.07 Å². The number of nitriles is 1. The molecule has 1 fully saturated rings. The molecule has 1 aromatic carbocycles. The maximum Gasteiger partial charge on any atom is 0.213 e. The van der Waals surface area contributed by atoms with Gasteiger partial charge < -0.3 is 10.1 Å². The van der Waals surface area contributed by atoms with Crippen molar-refractivity contribution in [1.82, 2.24) is 10.3 Å². The van der Waals surface area contributed by atoms with Crippen LogP contribution in [0.2, 0.25) is 0 Å². The summed E-state index contributed by atoms with van der Waals surface area (Å²) in [4.78, 5) is 4.05. The number of rotatable bonds is 3. The fourth-order valence-electron chi connectivity index (χ4n) is 2.03. The molecule has 0 saturated carbocycles. The third-order valence-electron chi connectivity index (χ3n) is 3.32. The molecule has 0 bridgehead atoms. The SMILES string of the molecule is CC.Fc1ccccc1F.N#Cc1ccc(OCC2CCNC2)nc1. The lowest BCUT2D eigenvalue weighted by Gasteiger charge is -2.09. The molecule has 1 N–H and O–H groups in total. The molecule has 2 heterocycles. The van der Waals surface area contributed by atoms with Gasteiger partial charge in [-0.25, -0.2) is 13.8 Å². The molecule has 2 aromatic rings. The number of hydrogen-bond acceptors (Lipinski definition) is 4. The minimum atomic E-state index is -0.799. The van der Waals surface area contributed by atoms with Gasteiger partial charge in [-0.05, 0) is 31.2 Å². The van der Waals surface area contributed by atoms with Gasteiger partial charge in [0.15, 0.2) is 11.6 Å². The van der Waals surface area contributed by atoms with Crippen LogP contribution in [-0.4, -0.2) is 24.7 Å². The van der Waals surface area contributed by atoms with E-state index >= 15 is 0 Å². The maximum absolute atomic E-state index is 11.9. The van der Waals surface area contributed by atoms with E-state index in [-0.39, 0.29) is 0 Å². The van der Waals surface area contributed by atoms with Crippen LogP contribution in [0.1, 0.15) is 25.8 Å². The first-order valence-electron chi connectivity index (χ1n) is 8.28. The minimum Gasteiger partial charge on any atom is -0.477 e. The Morgan fingerprint density at radius 3 is 2.32 bits per heavy atom. The Labute approximate surface area is 147 Å². The highest BCUT2D eigenvalue weighted by Crippen LogP contribution is 2.12. The lowest BCUT2D eigenvalue weighted by molar-refractivity contribution is 0.251. The summed E-state index contributed by atoms with van der Waals surface area (Å²) >= 11 is 0. The van der Waals surface area contributed by atoms with E-state index in [1.54, 1.807) is 12.1 Å². The van der Waals surface area contributed by atoms with Crippen LogP contribution < -0.4 is 10.1 Å². The quantitative estimate of drug-likeness (QED) is 0.914. The van der Waals surface area contributed by atoms with Crippen molar-refractivity contribution in [3.05, 3.63) is 59.8 Å². The van der Waals surface area contributed by atoms with E-state index in [9.17, 15) is 8.78 Å². The number of halogens is 2. The Bertz CT molecular complexity index is 629. The number of nitrogens with zero attached hydrogens (tertiary/aromatic N) is 2. The van der Waals surface area contributed by atoms with Crippen molar-refractivity contribution in [3.8, 4) is 11.9 Å². The summed E-state index contributed by atoms with van der Waals surface area (Å²) in [5.41, 5.74) is 0.560. The average molecular weight is 347 g/mol. The fourth-order valence-corrected chi connectivity index (χ4v) is 2.03. The summed E-state index contributed by atoms with van der Waals surface area (Å²) in [6.07, 6.45) is 2.69. The molecule has 1 unspecified atom stereocenters. The Kier molecular flexibility index (Phi) is 9.79. The molecule has 0 aliphatic carbocycles. The van der Waals surface area contributed by atoms with Crippen molar-refractivity contribution in [1.29, 1.82) is 5.26 Å². The zero-order chi connectivity index (χ0) is 18.5. The van der Waals surface area contributed by atoms with Gasteiger partial charge >= 0.3 is 0 Å². The average Bonchev–Trinajstić information content (AvgIpc) is 3.19. The zero-order valence-electron chi connectivity index (χ0n) is 14.5. The van der Waals surface area contributed by atoms with Gasteiger partial charge in [0.05, 0.1) is 12.2 Å². The summed E-state index contributed by atoms with van der Waals surface area (Å²) in [6.45, 7) is 6.80. The minimum absolute atomic E-state index is 0.560. The molecule has 6 heteroatoms.